The van der Waals surface area contributed by atoms with Crippen molar-refractivity contribution in [3.05, 3.63) is 52.0 Å². The van der Waals surface area contributed by atoms with Gasteiger partial charge in [-0.05, 0) is 53.4 Å². The van der Waals surface area contributed by atoms with Crippen molar-refractivity contribution in [2.75, 3.05) is 0 Å². The zero-order valence-electron chi connectivity index (χ0n) is 11.5. The Bertz CT molecular complexity index is 795. The minimum absolute atomic E-state index is 0.501. The minimum Gasteiger partial charge on any atom is -0.435 e. The first kappa shape index (κ1) is 13.1. The maximum Gasteiger partial charge on any atom is 0.264 e. The second-order valence-corrected chi connectivity index (χ2v) is 5.59. The summed E-state index contributed by atoms with van der Waals surface area (Å²) >= 11 is 3.39. The summed E-state index contributed by atoms with van der Waals surface area (Å²) < 4.78 is 8.64. The van der Waals surface area contributed by atoms with Crippen LogP contribution in [0, 0.1) is 20.8 Å². The van der Waals surface area contributed by atoms with Crippen molar-refractivity contribution >= 4 is 21.6 Å². The van der Waals surface area contributed by atoms with E-state index in [-0.39, 0.29) is 0 Å². The second kappa shape index (κ2) is 4.90. The number of nitrogens with zero attached hydrogens (tertiary/aromatic N) is 3. The van der Waals surface area contributed by atoms with Crippen LogP contribution in [0.25, 0.3) is 5.65 Å². The zero-order chi connectivity index (χ0) is 14.3. The van der Waals surface area contributed by atoms with Gasteiger partial charge in [-0.1, -0.05) is 12.1 Å². The molecule has 0 unspecified atom stereocenters. The number of benzene rings is 1. The van der Waals surface area contributed by atoms with Gasteiger partial charge in [0, 0.05) is 18.6 Å². The lowest BCUT2D eigenvalue weighted by atomic mass is 10.1. The molecule has 4 nitrogen and oxygen atoms in total. The summed E-state index contributed by atoms with van der Waals surface area (Å²) in [5.74, 6) is 1.35. The Hall–Kier alpha value is -1.88. The van der Waals surface area contributed by atoms with Gasteiger partial charge in [-0.15, -0.1) is 0 Å². The number of rotatable bonds is 2. The molecule has 0 saturated heterocycles. The number of aryl methyl sites for hydroxylation is 2. The summed E-state index contributed by atoms with van der Waals surface area (Å²) in [5.41, 5.74) is 4.10. The maximum absolute atomic E-state index is 6.05. The van der Waals surface area contributed by atoms with E-state index in [1.54, 1.807) is 6.20 Å². The standard InChI is InChI=1S/C15H14BrN3O/c1-9-4-5-10(2)13(11(9)3)20-15-14-17-6-7-19(14)8-12(16)18-15/h4-8H,1-3H3. The highest BCUT2D eigenvalue weighted by Gasteiger charge is 2.13. The van der Waals surface area contributed by atoms with Crippen LogP contribution in [0.4, 0.5) is 0 Å². The summed E-state index contributed by atoms with van der Waals surface area (Å²) in [5, 5.41) is 0. The van der Waals surface area contributed by atoms with Gasteiger partial charge in [0.1, 0.15) is 10.4 Å². The lowest BCUT2D eigenvalue weighted by Crippen LogP contribution is -1.98. The molecule has 0 saturated carbocycles. The first-order chi connectivity index (χ1) is 9.56. The molecule has 0 N–H and O–H groups in total. The third kappa shape index (κ3) is 2.18. The molecule has 102 valence electrons. The minimum atomic E-state index is 0.501. The molecule has 5 heteroatoms. The molecule has 3 rings (SSSR count). The molecule has 1 aromatic carbocycles. The molecule has 0 aliphatic carbocycles. The van der Waals surface area contributed by atoms with Crippen LogP contribution in [-0.2, 0) is 0 Å². The average Bonchev–Trinajstić information content (AvgIpc) is 2.87. The summed E-state index contributed by atoms with van der Waals surface area (Å²) in [6, 6.07) is 4.15. The van der Waals surface area contributed by atoms with Crippen molar-refractivity contribution < 1.29 is 4.74 Å². The van der Waals surface area contributed by atoms with Crippen LogP contribution in [0.15, 0.2) is 35.3 Å². The van der Waals surface area contributed by atoms with E-state index in [4.69, 9.17) is 4.74 Å². The fraction of sp³-hybridized carbons (Fsp3) is 0.200. The SMILES string of the molecule is Cc1ccc(C)c(Oc2nc(Br)cn3ccnc23)c1C. The van der Waals surface area contributed by atoms with Crippen LogP contribution < -0.4 is 4.74 Å². The molecule has 0 amide bonds. The van der Waals surface area contributed by atoms with Crippen LogP contribution in [0.3, 0.4) is 0 Å². The molecule has 20 heavy (non-hydrogen) atoms. The highest BCUT2D eigenvalue weighted by molar-refractivity contribution is 9.10. The molecule has 0 bridgehead atoms. The Morgan fingerprint density at radius 2 is 1.90 bits per heavy atom. The van der Waals surface area contributed by atoms with Gasteiger partial charge in [-0.25, -0.2) is 9.97 Å². The Labute approximate surface area is 125 Å². The highest BCUT2D eigenvalue weighted by atomic mass is 79.9. The van der Waals surface area contributed by atoms with E-state index >= 15 is 0 Å². The summed E-state index contributed by atoms with van der Waals surface area (Å²) in [4.78, 5) is 8.68. The van der Waals surface area contributed by atoms with Gasteiger partial charge in [0.15, 0.2) is 0 Å². The topological polar surface area (TPSA) is 39.4 Å². The highest BCUT2D eigenvalue weighted by Crippen LogP contribution is 2.31. The largest absolute Gasteiger partial charge is 0.435 e. The van der Waals surface area contributed by atoms with Crippen molar-refractivity contribution in [3.63, 3.8) is 0 Å². The Balaban J connectivity index is 2.14. The van der Waals surface area contributed by atoms with Crippen LogP contribution in [0.5, 0.6) is 11.6 Å². The fourth-order valence-corrected chi connectivity index (χ4v) is 2.50. The van der Waals surface area contributed by atoms with Crippen LogP contribution in [0.2, 0.25) is 0 Å². The molecule has 0 radical (unpaired) electrons. The third-order valence-corrected chi connectivity index (χ3v) is 3.77. The van der Waals surface area contributed by atoms with E-state index < -0.39 is 0 Å². The van der Waals surface area contributed by atoms with Gasteiger partial charge >= 0.3 is 0 Å². The number of aromatic nitrogens is 3. The lowest BCUT2D eigenvalue weighted by Gasteiger charge is -2.13. The molecule has 0 aliphatic heterocycles. The second-order valence-electron chi connectivity index (χ2n) is 4.78. The van der Waals surface area contributed by atoms with E-state index in [1.165, 1.54) is 5.56 Å². The molecule has 0 aliphatic rings. The van der Waals surface area contributed by atoms with Gasteiger partial charge in [0.25, 0.3) is 5.88 Å². The normalized spacial score (nSPS) is 11.0. The van der Waals surface area contributed by atoms with Crippen molar-refractivity contribution in [1.82, 2.24) is 14.4 Å². The summed E-state index contributed by atoms with van der Waals surface area (Å²) in [7, 11) is 0. The van der Waals surface area contributed by atoms with Gasteiger partial charge in [0.05, 0.1) is 0 Å². The van der Waals surface area contributed by atoms with E-state index in [2.05, 4.69) is 51.9 Å². The monoisotopic (exact) mass is 331 g/mol. The van der Waals surface area contributed by atoms with E-state index in [9.17, 15) is 0 Å². The molecule has 2 heterocycles. The van der Waals surface area contributed by atoms with Gasteiger partial charge < -0.3 is 4.74 Å². The van der Waals surface area contributed by atoms with E-state index in [1.807, 2.05) is 23.7 Å². The first-order valence-corrected chi connectivity index (χ1v) is 7.09. The maximum atomic E-state index is 6.05. The number of imidazole rings is 1. The summed E-state index contributed by atoms with van der Waals surface area (Å²) in [6.45, 7) is 6.15. The average molecular weight is 332 g/mol. The van der Waals surface area contributed by atoms with Gasteiger partial charge in [-0.2, -0.15) is 0 Å². The molecule has 2 aromatic heterocycles. The summed E-state index contributed by atoms with van der Waals surface area (Å²) in [6.07, 6.45) is 5.45. The van der Waals surface area contributed by atoms with Crippen LogP contribution in [-0.4, -0.2) is 14.4 Å². The Morgan fingerprint density at radius 1 is 1.15 bits per heavy atom. The van der Waals surface area contributed by atoms with Crippen LogP contribution >= 0.6 is 15.9 Å². The fourth-order valence-electron chi connectivity index (χ4n) is 2.12. The molecule has 0 spiro atoms. The number of hydrogen-bond acceptors (Lipinski definition) is 3. The predicted molar refractivity (Wildman–Crippen MR) is 81.4 cm³/mol. The molecule has 0 fully saturated rings. The molecule has 0 atom stereocenters. The van der Waals surface area contributed by atoms with E-state index in [0.29, 0.717) is 16.1 Å². The zero-order valence-corrected chi connectivity index (χ0v) is 13.1. The number of fused-ring (bicyclic) bond motifs is 1. The Morgan fingerprint density at radius 3 is 2.70 bits per heavy atom. The predicted octanol–water partition coefficient (Wildman–Crippen LogP) is 4.21. The molecule has 3 aromatic rings. The van der Waals surface area contributed by atoms with Crippen LogP contribution in [0.1, 0.15) is 16.7 Å². The van der Waals surface area contributed by atoms with Crippen molar-refractivity contribution in [2.45, 2.75) is 20.8 Å². The van der Waals surface area contributed by atoms with Crippen molar-refractivity contribution in [1.29, 1.82) is 0 Å². The quantitative estimate of drug-likeness (QED) is 0.706. The first-order valence-electron chi connectivity index (χ1n) is 6.30. The number of hydrogen-bond donors (Lipinski definition) is 0. The lowest BCUT2D eigenvalue weighted by molar-refractivity contribution is 0.456. The molecular formula is C15H14BrN3O. The smallest absolute Gasteiger partial charge is 0.264 e. The number of halogens is 1. The number of ether oxygens (including phenoxy) is 1. The third-order valence-electron chi connectivity index (χ3n) is 3.39. The Kier molecular flexibility index (Phi) is 3.22. The molecular weight excluding hydrogens is 318 g/mol. The van der Waals surface area contributed by atoms with Crippen molar-refractivity contribution in [3.8, 4) is 11.6 Å². The van der Waals surface area contributed by atoms with E-state index in [0.717, 1.165) is 16.9 Å². The van der Waals surface area contributed by atoms with Crippen molar-refractivity contribution in [2.24, 2.45) is 0 Å². The van der Waals surface area contributed by atoms with Gasteiger partial charge in [-0.3, -0.25) is 4.40 Å². The van der Waals surface area contributed by atoms with Gasteiger partial charge in [0.2, 0.25) is 5.65 Å².